The Bertz CT molecular complexity index is 656. The summed E-state index contributed by atoms with van der Waals surface area (Å²) < 4.78 is 0. The van der Waals surface area contributed by atoms with Crippen molar-refractivity contribution in [2.24, 2.45) is 0 Å². The first kappa shape index (κ1) is 15.0. The second kappa shape index (κ2) is 6.85. The fourth-order valence-electron chi connectivity index (χ4n) is 1.67. The minimum Gasteiger partial charge on any atom is -0.318 e. The number of nitrogens with zero attached hydrogens (tertiary/aromatic N) is 1. The summed E-state index contributed by atoms with van der Waals surface area (Å²) in [6, 6.07) is 10.5. The molecule has 0 aliphatic carbocycles. The van der Waals surface area contributed by atoms with Crippen LogP contribution >= 0.6 is 11.6 Å². The molecule has 2 rings (SSSR count). The molecule has 2 amide bonds. The highest BCUT2D eigenvalue weighted by Crippen LogP contribution is 2.17. The van der Waals surface area contributed by atoms with Crippen LogP contribution in [-0.4, -0.2) is 16.8 Å². The lowest BCUT2D eigenvalue weighted by atomic mass is 10.1. The number of pyridine rings is 1. The van der Waals surface area contributed by atoms with Gasteiger partial charge in [0.2, 0.25) is 0 Å². The van der Waals surface area contributed by atoms with Gasteiger partial charge in [0.1, 0.15) is 0 Å². The SMILES string of the molecule is CCc1ccc(NC(=O)C(=O)Nc2cccnc2Cl)cc1. The van der Waals surface area contributed by atoms with E-state index in [1.807, 2.05) is 19.1 Å². The minimum atomic E-state index is -0.801. The number of hydrogen-bond donors (Lipinski definition) is 2. The fraction of sp³-hybridized carbons (Fsp3) is 0.133. The predicted molar refractivity (Wildman–Crippen MR) is 82.3 cm³/mol. The van der Waals surface area contributed by atoms with Crippen molar-refractivity contribution in [3.8, 4) is 0 Å². The van der Waals surface area contributed by atoms with Gasteiger partial charge in [0.05, 0.1) is 5.69 Å². The first-order valence-corrected chi connectivity index (χ1v) is 6.79. The quantitative estimate of drug-likeness (QED) is 0.676. The predicted octanol–water partition coefficient (Wildman–Crippen LogP) is 2.87. The molecule has 0 bridgehead atoms. The third kappa shape index (κ3) is 4.03. The Kier molecular flexibility index (Phi) is 4.90. The molecule has 0 saturated carbocycles. The summed E-state index contributed by atoms with van der Waals surface area (Å²) in [6.45, 7) is 2.04. The molecule has 0 spiro atoms. The molecule has 108 valence electrons. The van der Waals surface area contributed by atoms with Crippen molar-refractivity contribution in [3.05, 3.63) is 53.3 Å². The Morgan fingerprint density at radius 3 is 2.38 bits per heavy atom. The van der Waals surface area contributed by atoms with Gasteiger partial charge in [-0.1, -0.05) is 30.7 Å². The molecule has 0 aliphatic heterocycles. The zero-order chi connectivity index (χ0) is 15.2. The lowest BCUT2D eigenvalue weighted by Gasteiger charge is -2.07. The van der Waals surface area contributed by atoms with E-state index in [4.69, 9.17) is 11.6 Å². The van der Waals surface area contributed by atoms with E-state index in [0.29, 0.717) is 11.4 Å². The molecule has 2 N–H and O–H groups in total. The second-order valence-corrected chi connectivity index (χ2v) is 4.66. The molecule has 0 fully saturated rings. The van der Waals surface area contributed by atoms with E-state index in [2.05, 4.69) is 15.6 Å². The van der Waals surface area contributed by atoms with E-state index >= 15 is 0 Å². The molecule has 1 aromatic carbocycles. The number of amides is 2. The van der Waals surface area contributed by atoms with Crippen molar-refractivity contribution in [1.82, 2.24) is 4.98 Å². The van der Waals surface area contributed by atoms with Crippen molar-refractivity contribution < 1.29 is 9.59 Å². The van der Waals surface area contributed by atoms with Crippen molar-refractivity contribution >= 4 is 34.8 Å². The van der Waals surface area contributed by atoms with E-state index in [1.165, 1.54) is 6.20 Å². The van der Waals surface area contributed by atoms with Crippen LogP contribution in [0.25, 0.3) is 0 Å². The third-order valence-corrected chi connectivity index (χ3v) is 3.13. The van der Waals surface area contributed by atoms with Crippen LogP contribution in [0.15, 0.2) is 42.6 Å². The molecule has 0 atom stereocenters. The molecule has 0 saturated heterocycles. The number of benzene rings is 1. The topological polar surface area (TPSA) is 71.1 Å². The molecule has 0 aliphatic rings. The van der Waals surface area contributed by atoms with Crippen LogP contribution in [0.2, 0.25) is 5.15 Å². The summed E-state index contributed by atoms with van der Waals surface area (Å²) in [6.07, 6.45) is 2.40. The largest absolute Gasteiger partial charge is 0.318 e. The zero-order valence-corrected chi connectivity index (χ0v) is 12.1. The number of carbonyl (C=O) groups is 2. The van der Waals surface area contributed by atoms with Crippen LogP contribution in [0, 0.1) is 0 Å². The molecule has 0 unspecified atom stereocenters. The highest BCUT2D eigenvalue weighted by molar-refractivity contribution is 6.44. The van der Waals surface area contributed by atoms with Crippen LogP contribution in [0.1, 0.15) is 12.5 Å². The second-order valence-electron chi connectivity index (χ2n) is 4.30. The summed E-state index contributed by atoms with van der Waals surface area (Å²) in [4.78, 5) is 27.4. The minimum absolute atomic E-state index is 0.131. The molecule has 21 heavy (non-hydrogen) atoms. The van der Waals surface area contributed by atoms with Gasteiger partial charge in [0.25, 0.3) is 0 Å². The van der Waals surface area contributed by atoms with Crippen LogP contribution in [-0.2, 0) is 16.0 Å². The molecule has 1 aromatic heterocycles. The highest BCUT2D eigenvalue weighted by Gasteiger charge is 2.15. The third-order valence-electron chi connectivity index (χ3n) is 2.83. The van der Waals surface area contributed by atoms with Gasteiger partial charge in [-0.25, -0.2) is 4.98 Å². The van der Waals surface area contributed by atoms with E-state index in [1.54, 1.807) is 24.3 Å². The van der Waals surface area contributed by atoms with Gasteiger partial charge in [0, 0.05) is 11.9 Å². The Morgan fingerprint density at radius 1 is 1.10 bits per heavy atom. The normalized spacial score (nSPS) is 10.0. The summed E-state index contributed by atoms with van der Waals surface area (Å²) in [5.74, 6) is -1.57. The molecule has 5 nitrogen and oxygen atoms in total. The summed E-state index contributed by atoms with van der Waals surface area (Å²) >= 11 is 5.81. The van der Waals surface area contributed by atoms with Gasteiger partial charge in [-0.05, 0) is 36.2 Å². The van der Waals surface area contributed by atoms with Crippen molar-refractivity contribution in [1.29, 1.82) is 0 Å². The summed E-state index contributed by atoms with van der Waals surface area (Å²) in [5, 5.41) is 5.06. The van der Waals surface area contributed by atoms with Gasteiger partial charge >= 0.3 is 11.8 Å². The van der Waals surface area contributed by atoms with E-state index < -0.39 is 11.8 Å². The Hall–Kier alpha value is -2.40. The van der Waals surface area contributed by atoms with E-state index in [9.17, 15) is 9.59 Å². The van der Waals surface area contributed by atoms with E-state index in [0.717, 1.165) is 12.0 Å². The van der Waals surface area contributed by atoms with Gasteiger partial charge < -0.3 is 10.6 Å². The molecule has 0 radical (unpaired) electrons. The first-order chi connectivity index (χ1) is 10.1. The Morgan fingerprint density at radius 2 is 1.76 bits per heavy atom. The van der Waals surface area contributed by atoms with Crippen LogP contribution in [0.5, 0.6) is 0 Å². The van der Waals surface area contributed by atoms with Gasteiger partial charge in [-0.15, -0.1) is 0 Å². The highest BCUT2D eigenvalue weighted by atomic mass is 35.5. The molecule has 1 heterocycles. The number of halogens is 1. The lowest BCUT2D eigenvalue weighted by Crippen LogP contribution is -2.29. The summed E-state index contributed by atoms with van der Waals surface area (Å²) in [5.41, 5.74) is 2.00. The van der Waals surface area contributed by atoms with Crippen molar-refractivity contribution in [3.63, 3.8) is 0 Å². The lowest BCUT2D eigenvalue weighted by molar-refractivity contribution is -0.133. The van der Waals surface area contributed by atoms with E-state index in [-0.39, 0.29) is 5.15 Å². The maximum Gasteiger partial charge on any atom is 0.314 e. The van der Waals surface area contributed by atoms with Crippen LogP contribution in [0.3, 0.4) is 0 Å². The summed E-state index contributed by atoms with van der Waals surface area (Å²) in [7, 11) is 0. The number of carbonyl (C=O) groups excluding carboxylic acids is 2. The monoisotopic (exact) mass is 303 g/mol. The maximum atomic E-state index is 11.8. The van der Waals surface area contributed by atoms with Gasteiger partial charge in [-0.3, -0.25) is 9.59 Å². The van der Waals surface area contributed by atoms with Gasteiger partial charge in [0.15, 0.2) is 5.15 Å². The number of aromatic nitrogens is 1. The van der Waals surface area contributed by atoms with Gasteiger partial charge in [-0.2, -0.15) is 0 Å². The zero-order valence-electron chi connectivity index (χ0n) is 11.4. The number of rotatable bonds is 3. The maximum absolute atomic E-state index is 11.8. The van der Waals surface area contributed by atoms with Crippen LogP contribution < -0.4 is 10.6 Å². The number of hydrogen-bond acceptors (Lipinski definition) is 3. The number of nitrogens with one attached hydrogen (secondary N) is 2. The average Bonchev–Trinajstić information content (AvgIpc) is 2.50. The number of aryl methyl sites for hydroxylation is 1. The van der Waals surface area contributed by atoms with Crippen molar-refractivity contribution in [2.75, 3.05) is 10.6 Å². The molecule has 6 heteroatoms. The molecule has 2 aromatic rings. The fourth-order valence-corrected chi connectivity index (χ4v) is 1.84. The van der Waals surface area contributed by atoms with Crippen molar-refractivity contribution in [2.45, 2.75) is 13.3 Å². The Balaban J connectivity index is 1.99. The molecular weight excluding hydrogens is 290 g/mol. The standard InChI is InChI=1S/C15H14ClN3O2/c1-2-10-5-7-11(8-6-10)18-14(20)15(21)19-12-4-3-9-17-13(12)16/h3-9H,2H2,1H3,(H,18,20)(H,19,21). The first-order valence-electron chi connectivity index (χ1n) is 6.42. The molecular formula is C15H14ClN3O2. The average molecular weight is 304 g/mol. The number of anilines is 2. The Labute approximate surface area is 127 Å². The smallest absolute Gasteiger partial charge is 0.314 e. The van der Waals surface area contributed by atoms with Crippen LogP contribution in [0.4, 0.5) is 11.4 Å².